The maximum atomic E-state index is 12.7. The molecule has 12 heteroatoms. The van der Waals surface area contributed by atoms with Crippen LogP contribution in [0.1, 0.15) is 38.7 Å². The summed E-state index contributed by atoms with van der Waals surface area (Å²) in [5.74, 6) is -2.97. The van der Waals surface area contributed by atoms with E-state index >= 15 is 0 Å². The molecule has 0 bridgehead atoms. The third kappa shape index (κ3) is 11.5. The number of para-hydroxylation sites is 1. The fourth-order valence-corrected chi connectivity index (χ4v) is 3.02. The molecule has 0 saturated carbocycles. The zero-order valence-corrected chi connectivity index (χ0v) is 20.3. The average molecular weight is 514 g/mol. The largest absolute Gasteiger partial charge is 0.490 e. The minimum atomic E-state index is -5.08. The molecule has 0 aliphatic carbocycles. The van der Waals surface area contributed by atoms with Gasteiger partial charge in [-0.25, -0.2) is 4.79 Å². The lowest BCUT2D eigenvalue weighted by molar-refractivity contribution is -0.192. The number of benzene rings is 1. The molecule has 1 heterocycles. The molecule has 2 atom stereocenters. The number of carbonyl (C=O) groups is 3. The van der Waals surface area contributed by atoms with Crippen molar-refractivity contribution in [3.05, 3.63) is 42.1 Å². The number of alkyl halides is 3. The number of pyridine rings is 1. The van der Waals surface area contributed by atoms with Crippen molar-refractivity contribution in [2.75, 3.05) is 13.1 Å². The van der Waals surface area contributed by atoms with Gasteiger partial charge < -0.3 is 27.2 Å². The Morgan fingerprint density at radius 3 is 2.33 bits per heavy atom. The fourth-order valence-electron chi connectivity index (χ4n) is 3.02. The van der Waals surface area contributed by atoms with Crippen molar-refractivity contribution in [3.8, 4) is 0 Å². The Labute approximate surface area is 207 Å². The van der Waals surface area contributed by atoms with Crippen molar-refractivity contribution in [2.45, 2.75) is 57.8 Å². The van der Waals surface area contributed by atoms with Crippen LogP contribution in [-0.4, -0.2) is 59.2 Å². The molecule has 7 N–H and O–H groups in total. The number of carbonyl (C=O) groups excluding carboxylic acids is 2. The van der Waals surface area contributed by atoms with Gasteiger partial charge in [-0.2, -0.15) is 13.2 Å². The molecule has 36 heavy (non-hydrogen) atoms. The SMILES string of the molecule is CC(C)CNC(=O)[C@H](Cc1cnc2ccccc2c1)NC(=O)[C@H](N)CCCCN.O=C(O)C(F)(F)F. The highest BCUT2D eigenvalue weighted by Gasteiger charge is 2.38. The molecular formula is C24H34F3N5O4. The van der Waals surface area contributed by atoms with Crippen LogP contribution in [0.5, 0.6) is 0 Å². The molecular weight excluding hydrogens is 479 g/mol. The first-order valence-electron chi connectivity index (χ1n) is 11.5. The first-order valence-corrected chi connectivity index (χ1v) is 11.5. The standard InChI is InChI=1S/C22H33N5O2.C2HF3O2/c1-15(2)13-26-22(29)20(27-21(28)18(24)8-5-6-10-23)12-16-11-17-7-3-4-9-19(17)25-14-16;3-2(4,5)1(6)7/h3-4,7,9,11,14-15,18,20H,5-6,8,10,12-13,23-24H2,1-2H3,(H,26,29)(H,27,28);(H,6,7)/t18-,20+;/m1./s1. The van der Waals surface area contributed by atoms with E-state index in [1.165, 1.54) is 0 Å². The summed E-state index contributed by atoms with van der Waals surface area (Å²) in [6.45, 7) is 5.16. The number of aliphatic carboxylic acids is 1. The Kier molecular flexibility index (Phi) is 12.8. The number of aromatic nitrogens is 1. The predicted molar refractivity (Wildman–Crippen MR) is 130 cm³/mol. The first-order chi connectivity index (χ1) is 16.8. The lowest BCUT2D eigenvalue weighted by Gasteiger charge is -2.21. The lowest BCUT2D eigenvalue weighted by Crippen LogP contribution is -2.53. The van der Waals surface area contributed by atoms with Crippen LogP contribution in [0.25, 0.3) is 10.9 Å². The van der Waals surface area contributed by atoms with Crippen LogP contribution < -0.4 is 22.1 Å². The molecule has 0 saturated heterocycles. The van der Waals surface area contributed by atoms with E-state index in [0.29, 0.717) is 31.8 Å². The highest BCUT2D eigenvalue weighted by Crippen LogP contribution is 2.15. The topological polar surface area (TPSA) is 160 Å². The molecule has 0 unspecified atom stereocenters. The number of nitrogens with zero attached hydrogens (tertiary/aromatic N) is 1. The van der Waals surface area contributed by atoms with Gasteiger partial charge in [0.2, 0.25) is 11.8 Å². The van der Waals surface area contributed by atoms with Gasteiger partial charge in [-0.05, 0) is 43.0 Å². The number of nitrogens with two attached hydrogens (primary N) is 2. The molecule has 9 nitrogen and oxygen atoms in total. The molecule has 2 aromatic rings. The van der Waals surface area contributed by atoms with E-state index in [2.05, 4.69) is 15.6 Å². The number of halogens is 3. The van der Waals surface area contributed by atoms with E-state index in [0.717, 1.165) is 29.3 Å². The number of carboxylic acid groups (broad SMARTS) is 1. The van der Waals surface area contributed by atoms with Crippen molar-refractivity contribution in [2.24, 2.45) is 17.4 Å². The van der Waals surface area contributed by atoms with E-state index in [-0.39, 0.29) is 11.8 Å². The summed E-state index contributed by atoms with van der Waals surface area (Å²) in [5, 5.41) is 13.9. The number of hydrogen-bond donors (Lipinski definition) is 5. The maximum absolute atomic E-state index is 12.7. The van der Waals surface area contributed by atoms with Gasteiger partial charge in [0.15, 0.2) is 0 Å². The highest BCUT2D eigenvalue weighted by atomic mass is 19.4. The molecule has 1 aromatic heterocycles. The van der Waals surface area contributed by atoms with E-state index < -0.39 is 24.2 Å². The summed E-state index contributed by atoms with van der Waals surface area (Å²) < 4.78 is 31.7. The van der Waals surface area contributed by atoms with Crippen LogP contribution >= 0.6 is 0 Å². The molecule has 2 rings (SSSR count). The van der Waals surface area contributed by atoms with Crippen LogP contribution in [-0.2, 0) is 20.8 Å². The van der Waals surface area contributed by atoms with Crippen LogP contribution in [0.15, 0.2) is 36.5 Å². The molecule has 0 radical (unpaired) electrons. The number of amides is 2. The minimum absolute atomic E-state index is 0.214. The number of fused-ring (bicyclic) bond motifs is 1. The normalized spacial score (nSPS) is 12.9. The number of hydrogen-bond acceptors (Lipinski definition) is 6. The second-order valence-corrected chi connectivity index (χ2v) is 8.63. The zero-order valence-electron chi connectivity index (χ0n) is 20.3. The third-order valence-corrected chi connectivity index (χ3v) is 4.95. The molecule has 0 spiro atoms. The number of nitrogens with one attached hydrogen (secondary N) is 2. The third-order valence-electron chi connectivity index (χ3n) is 4.95. The first kappa shape index (κ1) is 30.8. The number of rotatable bonds is 11. The van der Waals surface area contributed by atoms with E-state index in [1.54, 1.807) is 6.20 Å². The average Bonchev–Trinajstić information content (AvgIpc) is 2.81. The van der Waals surface area contributed by atoms with Crippen molar-refractivity contribution >= 4 is 28.7 Å². The molecule has 0 aliphatic rings. The predicted octanol–water partition coefficient (Wildman–Crippen LogP) is 2.12. The summed E-state index contributed by atoms with van der Waals surface area (Å²) in [4.78, 5) is 38.6. The van der Waals surface area contributed by atoms with Crippen molar-refractivity contribution in [1.29, 1.82) is 0 Å². The summed E-state index contributed by atoms with van der Waals surface area (Å²) in [7, 11) is 0. The quantitative estimate of drug-likeness (QED) is 0.288. The van der Waals surface area contributed by atoms with Crippen LogP contribution in [0.4, 0.5) is 13.2 Å². The summed E-state index contributed by atoms with van der Waals surface area (Å²) in [6.07, 6.45) is -0.839. The van der Waals surface area contributed by atoms with Gasteiger partial charge in [0.05, 0.1) is 11.6 Å². The van der Waals surface area contributed by atoms with Crippen molar-refractivity contribution < 1.29 is 32.7 Å². The van der Waals surface area contributed by atoms with Gasteiger partial charge in [0.25, 0.3) is 0 Å². The van der Waals surface area contributed by atoms with Gasteiger partial charge in [-0.3, -0.25) is 14.6 Å². The van der Waals surface area contributed by atoms with Gasteiger partial charge >= 0.3 is 12.1 Å². The smallest absolute Gasteiger partial charge is 0.475 e. The molecule has 2 amide bonds. The van der Waals surface area contributed by atoms with Crippen molar-refractivity contribution in [1.82, 2.24) is 15.6 Å². The maximum Gasteiger partial charge on any atom is 0.490 e. The van der Waals surface area contributed by atoms with Gasteiger partial charge in [-0.15, -0.1) is 0 Å². The second kappa shape index (κ2) is 15.0. The van der Waals surface area contributed by atoms with Gasteiger partial charge in [0.1, 0.15) is 6.04 Å². The molecule has 0 fully saturated rings. The van der Waals surface area contributed by atoms with Crippen LogP contribution in [0.2, 0.25) is 0 Å². The second-order valence-electron chi connectivity index (χ2n) is 8.63. The summed E-state index contributed by atoms with van der Waals surface area (Å²) in [5.41, 5.74) is 13.3. The zero-order chi connectivity index (χ0) is 27.3. The molecule has 1 aromatic carbocycles. The Morgan fingerprint density at radius 2 is 1.75 bits per heavy atom. The Balaban J connectivity index is 0.000000809. The van der Waals surface area contributed by atoms with Gasteiger partial charge in [-0.1, -0.05) is 38.5 Å². The van der Waals surface area contributed by atoms with E-state index in [9.17, 15) is 22.8 Å². The monoisotopic (exact) mass is 513 g/mol. The summed E-state index contributed by atoms with van der Waals surface area (Å²) >= 11 is 0. The minimum Gasteiger partial charge on any atom is -0.475 e. The van der Waals surface area contributed by atoms with Crippen LogP contribution in [0.3, 0.4) is 0 Å². The Bertz CT molecular complexity index is 1000. The van der Waals surface area contributed by atoms with E-state index in [1.807, 2.05) is 44.2 Å². The lowest BCUT2D eigenvalue weighted by atomic mass is 10.0. The molecule has 0 aliphatic heterocycles. The van der Waals surface area contributed by atoms with Crippen molar-refractivity contribution in [3.63, 3.8) is 0 Å². The Hall–Kier alpha value is -3.25. The van der Waals surface area contributed by atoms with E-state index in [4.69, 9.17) is 21.4 Å². The Morgan fingerprint density at radius 1 is 1.11 bits per heavy atom. The highest BCUT2D eigenvalue weighted by molar-refractivity contribution is 5.90. The summed E-state index contributed by atoms with van der Waals surface area (Å²) in [6, 6.07) is 8.44. The number of carboxylic acids is 1. The van der Waals surface area contributed by atoms with Crippen LogP contribution in [0, 0.1) is 5.92 Å². The molecule has 200 valence electrons. The fraction of sp³-hybridized carbons (Fsp3) is 0.500. The number of unbranched alkanes of at least 4 members (excludes halogenated alkanes) is 1. The van der Waals surface area contributed by atoms with Gasteiger partial charge in [0, 0.05) is 24.5 Å².